The Bertz CT molecular complexity index is 101. The van der Waals surface area contributed by atoms with Crippen molar-refractivity contribution in [3.63, 3.8) is 0 Å². The van der Waals surface area contributed by atoms with E-state index in [2.05, 4.69) is 19.2 Å². The van der Waals surface area contributed by atoms with E-state index in [1.807, 2.05) is 0 Å². The average Bonchev–Trinajstić information content (AvgIpc) is 2.47. The summed E-state index contributed by atoms with van der Waals surface area (Å²) in [6.07, 6.45) is 5.79. The minimum atomic E-state index is 0.986. The van der Waals surface area contributed by atoms with Crippen molar-refractivity contribution in [2.75, 3.05) is 13.1 Å². The van der Waals surface area contributed by atoms with E-state index in [1.165, 1.54) is 32.2 Å². The van der Waals surface area contributed by atoms with Gasteiger partial charge in [-0.1, -0.05) is 33.1 Å². The van der Waals surface area contributed by atoms with Crippen molar-refractivity contribution in [3.05, 3.63) is 0 Å². The smallest absolute Gasteiger partial charge is 0.00180 e. The van der Waals surface area contributed by atoms with E-state index in [-0.39, 0.29) is 0 Å². The zero-order chi connectivity index (χ0) is 8.10. The Kier molecular flexibility index (Phi) is 3.92. The fraction of sp³-hybridized carbons (Fsp3) is 1.00. The SMILES string of the molecule is CCNC[C@@H]1CCCC1CC. The van der Waals surface area contributed by atoms with Gasteiger partial charge >= 0.3 is 0 Å². The summed E-state index contributed by atoms with van der Waals surface area (Å²) in [5.41, 5.74) is 0. The fourth-order valence-corrected chi connectivity index (χ4v) is 2.25. The zero-order valence-electron chi connectivity index (χ0n) is 7.90. The van der Waals surface area contributed by atoms with E-state index in [9.17, 15) is 0 Å². The number of nitrogens with one attached hydrogen (secondary N) is 1. The minimum Gasteiger partial charge on any atom is -0.317 e. The molecule has 66 valence electrons. The van der Waals surface area contributed by atoms with Gasteiger partial charge in [-0.25, -0.2) is 0 Å². The van der Waals surface area contributed by atoms with Crippen molar-refractivity contribution in [1.29, 1.82) is 0 Å². The van der Waals surface area contributed by atoms with Gasteiger partial charge in [0.25, 0.3) is 0 Å². The summed E-state index contributed by atoms with van der Waals surface area (Å²) in [6, 6.07) is 0. The van der Waals surface area contributed by atoms with Crippen LogP contribution < -0.4 is 5.32 Å². The lowest BCUT2D eigenvalue weighted by molar-refractivity contribution is 0.361. The monoisotopic (exact) mass is 155 g/mol. The highest BCUT2D eigenvalue weighted by Crippen LogP contribution is 2.33. The van der Waals surface area contributed by atoms with Gasteiger partial charge < -0.3 is 5.32 Å². The van der Waals surface area contributed by atoms with Crippen LogP contribution in [0, 0.1) is 11.8 Å². The van der Waals surface area contributed by atoms with Crippen molar-refractivity contribution >= 4 is 0 Å². The first-order chi connectivity index (χ1) is 5.38. The minimum absolute atomic E-state index is 0.986. The molecule has 0 radical (unpaired) electrons. The van der Waals surface area contributed by atoms with Crippen LogP contribution in [0.15, 0.2) is 0 Å². The molecule has 0 aliphatic heterocycles. The molecule has 11 heavy (non-hydrogen) atoms. The van der Waals surface area contributed by atoms with Crippen LogP contribution in [0.5, 0.6) is 0 Å². The summed E-state index contributed by atoms with van der Waals surface area (Å²) in [4.78, 5) is 0. The van der Waals surface area contributed by atoms with Crippen LogP contribution in [0.25, 0.3) is 0 Å². The Morgan fingerprint density at radius 1 is 1.18 bits per heavy atom. The summed E-state index contributed by atoms with van der Waals surface area (Å²) >= 11 is 0. The third kappa shape index (κ3) is 2.48. The standard InChI is InChI=1S/C10H21N/c1-3-9-6-5-7-10(9)8-11-4-2/h9-11H,3-8H2,1-2H3/t9?,10-/m0/s1. The molecule has 1 aliphatic carbocycles. The quantitative estimate of drug-likeness (QED) is 0.657. The van der Waals surface area contributed by atoms with Gasteiger partial charge in [-0.05, 0) is 31.3 Å². The van der Waals surface area contributed by atoms with Crippen molar-refractivity contribution in [2.24, 2.45) is 11.8 Å². The molecule has 1 heteroatoms. The second-order valence-corrected chi connectivity index (χ2v) is 3.67. The van der Waals surface area contributed by atoms with Gasteiger partial charge in [0.15, 0.2) is 0 Å². The Hall–Kier alpha value is -0.0400. The molecule has 1 rings (SSSR count). The molecular formula is C10H21N. The van der Waals surface area contributed by atoms with E-state index in [4.69, 9.17) is 0 Å². The van der Waals surface area contributed by atoms with E-state index < -0.39 is 0 Å². The van der Waals surface area contributed by atoms with E-state index in [1.54, 1.807) is 0 Å². The first-order valence-corrected chi connectivity index (χ1v) is 5.09. The predicted octanol–water partition coefficient (Wildman–Crippen LogP) is 2.42. The lowest BCUT2D eigenvalue weighted by Gasteiger charge is -2.17. The van der Waals surface area contributed by atoms with Crippen LogP contribution >= 0.6 is 0 Å². The van der Waals surface area contributed by atoms with Crippen LogP contribution in [-0.2, 0) is 0 Å². The predicted molar refractivity (Wildman–Crippen MR) is 49.7 cm³/mol. The largest absolute Gasteiger partial charge is 0.317 e. The van der Waals surface area contributed by atoms with Gasteiger partial charge in [0.2, 0.25) is 0 Å². The molecule has 1 fully saturated rings. The Morgan fingerprint density at radius 3 is 2.55 bits per heavy atom. The lowest BCUT2D eigenvalue weighted by atomic mass is 9.94. The fourth-order valence-electron chi connectivity index (χ4n) is 2.25. The van der Waals surface area contributed by atoms with E-state index in [0.717, 1.165) is 18.4 Å². The molecule has 1 saturated carbocycles. The Labute approximate surface area is 70.6 Å². The molecule has 1 nitrogen and oxygen atoms in total. The number of hydrogen-bond acceptors (Lipinski definition) is 1. The van der Waals surface area contributed by atoms with Crippen LogP contribution in [0.4, 0.5) is 0 Å². The highest BCUT2D eigenvalue weighted by Gasteiger charge is 2.24. The summed E-state index contributed by atoms with van der Waals surface area (Å²) < 4.78 is 0. The lowest BCUT2D eigenvalue weighted by Crippen LogP contribution is -2.24. The summed E-state index contributed by atoms with van der Waals surface area (Å²) in [7, 11) is 0. The molecule has 0 saturated heterocycles. The molecular weight excluding hydrogens is 134 g/mol. The molecule has 0 aromatic rings. The van der Waals surface area contributed by atoms with Crippen LogP contribution in [-0.4, -0.2) is 13.1 Å². The second kappa shape index (κ2) is 4.76. The molecule has 1 aliphatic rings. The number of hydrogen-bond donors (Lipinski definition) is 1. The molecule has 0 heterocycles. The molecule has 0 bridgehead atoms. The van der Waals surface area contributed by atoms with Gasteiger partial charge in [0.05, 0.1) is 0 Å². The summed E-state index contributed by atoms with van der Waals surface area (Å²) in [5.74, 6) is 2.01. The Balaban J connectivity index is 2.20. The molecule has 0 spiro atoms. The third-order valence-corrected chi connectivity index (χ3v) is 3.00. The highest BCUT2D eigenvalue weighted by atomic mass is 14.8. The van der Waals surface area contributed by atoms with Crippen molar-refractivity contribution in [3.8, 4) is 0 Å². The van der Waals surface area contributed by atoms with Crippen LogP contribution in [0.1, 0.15) is 39.5 Å². The first-order valence-electron chi connectivity index (χ1n) is 5.09. The maximum Gasteiger partial charge on any atom is -0.00180 e. The molecule has 1 N–H and O–H groups in total. The maximum atomic E-state index is 3.45. The molecule has 0 amide bonds. The highest BCUT2D eigenvalue weighted by molar-refractivity contribution is 4.77. The van der Waals surface area contributed by atoms with Crippen molar-refractivity contribution < 1.29 is 0 Å². The summed E-state index contributed by atoms with van der Waals surface area (Å²) in [6.45, 7) is 6.91. The van der Waals surface area contributed by atoms with Gasteiger partial charge in [-0.3, -0.25) is 0 Å². The van der Waals surface area contributed by atoms with Gasteiger partial charge in [0.1, 0.15) is 0 Å². The topological polar surface area (TPSA) is 12.0 Å². The normalized spacial score (nSPS) is 31.1. The first kappa shape index (κ1) is 9.05. The van der Waals surface area contributed by atoms with Gasteiger partial charge in [-0.2, -0.15) is 0 Å². The zero-order valence-corrected chi connectivity index (χ0v) is 7.90. The number of rotatable bonds is 4. The van der Waals surface area contributed by atoms with Crippen LogP contribution in [0.3, 0.4) is 0 Å². The Morgan fingerprint density at radius 2 is 1.91 bits per heavy atom. The second-order valence-electron chi connectivity index (χ2n) is 3.67. The molecule has 1 unspecified atom stereocenters. The maximum absolute atomic E-state index is 3.45. The molecule has 2 atom stereocenters. The van der Waals surface area contributed by atoms with Crippen LogP contribution in [0.2, 0.25) is 0 Å². The van der Waals surface area contributed by atoms with Crippen molar-refractivity contribution in [2.45, 2.75) is 39.5 Å². The average molecular weight is 155 g/mol. The van der Waals surface area contributed by atoms with E-state index in [0.29, 0.717) is 0 Å². The van der Waals surface area contributed by atoms with Gasteiger partial charge in [0, 0.05) is 0 Å². The molecule has 0 aromatic heterocycles. The molecule has 0 aromatic carbocycles. The third-order valence-electron chi connectivity index (χ3n) is 3.00. The van der Waals surface area contributed by atoms with E-state index >= 15 is 0 Å². The summed E-state index contributed by atoms with van der Waals surface area (Å²) in [5, 5.41) is 3.45. The van der Waals surface area contributed by atoms with Gasteiger partial charge in [-0.15, -0.1) is 0 Å². The van der Waals surface area contributed by atoms with Crippen molar-refractivity contribution in [1.82, 2.24) is 5.32 Å².